The van der Waals surface area contributed by atoms with E-state index in [1.54, 1.807) is 54.6 Å². The molecule has 0 unspecified atom stereocenters. The Morgan fingerprint density at radius 1 is 0.706 bits per heavy atom. The van der Waals surface area contributed by atoms with Gasteiger partial charge < -0.3 is 31.5 Å². The van der Waals surface area contributed by atoms with Crippen molar-refractivity contribution in [3.63, 3.8) is 0 Å². The first-order valence-electron chi connectivity index (χ1n) is 10.3. The highest BCUT2D eigenvalue weighted by molar-refractivity contribution is 5.96. The van der Waals surface area contributed by atoms with Crippen LogP contribution in [0.2, 0.25) is 0 Å². The van der Waals surface area contributed by atoms with Crippen LogP contribution in [-0.2, 0) is 22.4 Å². The van der Waals surface area contributed by atoms with Crippen LogP contribution in [0.25, 0.3) is 0 Å². The Bertz CT molecular complexity index is 1080. The number of aliphatic carboxylic acids is 2. The molecule has 0 aliphatic carbocycles. The number of aromatic hydroxyl groups is 2. The van der Waals surface area contributed by atoms with Crippen molar-refractivity contribution < 1.29 is 34.8 Å². The van der Waals surface area contributed by atoms with Gasteiger partial charge in [-0.1, -0.05) is 42.5 Å². The van der Waals surface area contributed by atoms with Crippen LogP contribution in [0.3, 0.4) is 0 Å². The Hall–Kier alpha value is -4.37. The molecule has 0 heterocycles. The lowest BCUT2D eigenvalue weighted by atomic mass is 10.1. The largest absolute Gasteiger partial charge is 0.508 e. The average molecular weight is 466 g/mol. The van der Waals surface area contributed by atoms with Crippen LogP contribution >= 0.6 is 0 Å². The summed E-state index contributed by atoms with van der Waals surface area (Å²) >= 11 is 0. The Kier molecular flexibility index (Phi) is 9.60. The molecule has 34 heavy (non-hydrogen) atoms. The van der Waals surface area contributed by atoms with Crippen molar-refractivity contribution >= 4 is 17.8 Å². The van der Waals surface area contributed by atoms with Crippen LogP contribution in [0.1, 0.15) is 21.5 Å². The highest BCUT2D eigenvalue weighted by Crippen LogP contribution is 2.12. The Labute approximate surface area is 196 Å². The van der Waals surface area contributed by atoms with E-state index in [4.69, 9.17) is 15.9 Å². The van der Waals surface area contributed by atoms with Gasteiger partial charge in [0.1, 0.15) is 23.6 Å². The van der Waals surface area contributed by atoms with Crippen LogP contribution < -0.4 is 11.1 Å². The summed E-state index contributed by atoms with van der Waals surface area (Å²) in [6.07, 6.45) is 0.420. The van der Waals surface area contributed by atoms with E-state index in [2.05, 4.69) is 5.32 Å². The number of benzene rings is 3. The topological polar surface area (TPSA) is 170 Å². The summed E-state index contributed by atoms with van der Waals surface area (Å²) in [6.45, 7) is 0. The third-order valence-electron chi connectivity index (χ3n) is 4.72. The summed E-state index contributed by atoms with van der Waals surface area (Å²) in [5, 5.41) is 38.4. The van der Waals surface area contributed by atoms with E-state index in [0.717, 1.165) is 5.56 Å². The lowest BCUT2D eigenvalue weighted by Gasteiger charge is -2.14. The van der Waals surface area contributed by atoms with E-state index in [0.29, 0.717) is 11.1 Å². The normalized spacial score (nSPS) is 11.9. The Balaban J connectivity index is 0.000000270. The van der Waals surface area contributed by atoms with Crippen LogP contribution in [0, 0.1) is 0 Å². The molecule has 0 aromatic heterocycles. The number of nitrogens with two attached hydrogens (primary N) is 1. The van der Waals surface area contributed by atoms with Gasteiger partial charge in [-0.15, -0.1) is 0 Å². The second-order valence-electron chi connectivity index (χ2n) is 7.42. The SMILES string of the molecule is N[C@@H](Cc1ccc(O)cc1)C(=O)O.O=C(N[C@@H](Cc1ccc(O)cc1)C(=O)O)c1ccccc1. The molecule has 7 N–H and O–H groups in total. The minimum Gasteiger partial charge on any atom is -0.508 e. The number of phenols is 2. The van der Waals surface area contributed by atoms with Crippen LogP contribution in [-0.4, -0.2) is 50.4 Å². The third kappa shape index (κ3) is 8.64. The fraction of sp³-hybridized carbons (Fsp3) is 0.160. The second kappa shape index (κ2) is 12.6. The summed E-state index contributed by atoms with van der Waals surface area (Å²) in [4.78, 5) is 33.7. The van der Waals surface area contributed by atoms with Crippen molar-refractivity contribution in [1.29, 1.82) is 0 Å². The van der Waals surface area contributed by atoms with Gasteiger partial charge in [0.2, 0.25) is 0 Å². The maximum atomic E-state index is 12.0. The molecule has 2 atom stereocenters. The van der Waals surface area contributed by atoms with E-state index in [1.165, 1.54) is 24.3 Å². The van der Waals surface area contributed by atoms with Gasteiger partial charge in [-0.25, -0.2) is 4.79 Å². The molecule has 0 aliphatic rings. The van der Waals surface area contributed by atoms with Crippen molar-refractivity contribution in [2.45, 2.75) is 24.9 Å². The van der Waals surface area contributed by atoms with Crippen LogP contribution in [0.5, 0.6) is 11.5 Å². The van der Waals surface area contributed by atoms with Crippen molar-refractivity contribution in [2.24, 2.45) is 5.73 Å². The highest BCUT2D eigenvalue weighted by atomic mass is 16.4. The first-order valence-corrected chi connectivity index (χ1v) is 10.3. The highest BCUT2D eigenvalue weighted by Gasteiger charge is 2.21. The average Bonchev–Trinajstić information content (AvgIpc) is 2.82. The predicted octanol–water partition coefficient (Wildman–Crippen LogP) is 2.16. The van der Waals surface area contributed by atoms with Crippen LogP contribution in [0.15, 0.2) is 78.9 Å². The zero-order valence-corrected chi connectivity index (χ0v) is 18.2. The number of carboxylic acids is 2. The molecule has 0 bridgehead atoms. The number of hydrogen-bond donors (Lipinski definition) is 6. The van der Waals surface area contributed by atoms with E-state index in [1.807, 2.05) is 0 Å². The molecule has 9 heteroatoms. The molecule has 0 aliphatic heterocycles. The Morgan fingerprint density at radius 2 is 1.18 bits per heavy atom. The van der Waals surface area contributed by atoms with Crippen molar-refractivity contribution in [2.75, 3.05) is 0 Å². The number of carbonyl (C=O) groups is 3. The second-order valence-corrected chi connectivity index (χ2v) is 7.42. The van der Waals surface area contributed by atoms with Crippen LogP contribution in [0.4, 0.5) is 0 Å². The lowest BCUT2D eigenvalue weighted by Crippen LogP contribution is -2.42. The fourth-order valence-corrected chi connectivity index (χ4v) is 2.87. The van der Waals surface area contributed by atoms with Gasteiger partial charge in [0.15, 0.2) is 0 Å². The van der Waals surface area contributed by atoms with Gasteiger partial charge in [0, 0.05) is 12.0 Å². The van der Waals surface area contributed by atoms with Crippen molar-refractivity contribution in [1.82, 2.24) is 5.32 Å². The van der Waals surface area contributed by atoms with E-state index in [9.17, 15) is 24.6 Å². The van der Waals surface area contributed by atoms with E-state index < -0.39 is 29.9 Å². The number of phenolic OH excluding ortho intramolecular Hbond substituents is 2. The number of carbonyl (C=O) groups excluding carboxylic acids is 1. The van der Waals surface area contributed by atoms with E-state index >= 15 is 0 Å². The van der Waals surface area contributed by atoms with Gasteiger partial charge in [-0.05, 0) is 53.9 Å². The molecule has 0 spiro atoms. The van der Waals surface area contributed by atoms with Crippen molar-refractivity contribution in [3.8, 4) is 11.5 Å². The predicted molar refractivity (Wildman–Crippen MR) is 125 cm³/mol. The molecule has 3 aromatic rings. The Morgan fingerprint density at radius 3 is 1.62 bits per heavy atom. The summed E-state index contributed by atoms with van der Waals surface area (Å²) in [5.41, 5.74) is 7.25. The van der Waals surface area contributed by atoms with Gasteiger partial charge in [0.25, 0.3) is 5.91 Å². The smallest absolute Gasteiger partial charge is 0.326 e. The minimum atomic E-state index is -1.10. The zero-order valence-electron chi connectivity index (χ0n) is 18.2. The molecular weight excluding hydrogens is 440 g/mol. The molecule has 0 fully saturated rings. The summed E-state index contributed by atoms with van der Waals surface area (Å²) < 4.78 is 0. The zero-order chi connectivity index (χ0) is 25.1. The number of carboxylic acid groups (broad SMARTS) is 2. The molecule has 0 saturated carbocycles. The number of nitrogens with one attached hydrogen (secondary N) is 1. The first-order chi connectivity index (χ1) is 16.2. The molecule has 1 amide bonds. The maximum absolute atomic E-state index is 12.0. The molecule has 0 radical (unpaired) electrons. The quantitative estimate of drug-likeness (QED) is 0.293. The van der Waals surface area contributed by atoms with Gasteiger partial charge in [-0.2, -0.15) is 0 Å². The molecule has 3 rings (SSSR count). The number of rotatable bonds is 8. The maximum Gasteiger partial charge on any atom is 0.326 e. The summed E-state index contributed by atoms with van der Waals surface area (Å²) in [7, 11) is 0. The minimum absolute atomic E-state index is 0.110. The first kappa shape index (κ1) is 25.9. The summed E-state index contributed by atoms with van der Waals surface area (Å²) in [5.74, 6) is -2.28. The number of amides is 1. The third-order valence-corrected chi connectivity index (χ3v) is 4.72. The monoisotopic (exact) mass is 466 g/mol. The molecule has 9 nitrogen and oxygen atoms in total. The van der Waals surface area contributed by atoms with Gasteiger partial charge in [-0.3, -0.25) is 9.59 Å². The van der Waals surface area contributed by atoms with Crippen molar-refractivity contribution in [3.05, 3.63) is 95.6 Å². The van der Waals surface area contributed by atoms with E-state index in [-0.39, 0.29) is 24.3 Å². The van der Waals surface area contributed by atoms with Gasteiger partial charge in [0.05, 0.1) is 0 Å². The molecular formula is C25H26N2O7. The van der Waals surface area contributed by atoms with Gasteiger partial charge >= 0.3 is 11.9 Å². The molecule has 0 saturated heterocycles. The summed E-state index contributed by atoms with van der Waals surface area (Å²) in [6, 6.07) is 19.1. The molecule has 3 aromatic carbocycles. The standard InChI is InChI=1S/C16H15NO4.C9H11NO3/c18-13-8-6-11(7-9-13)10-14(16(20)21)17-15(19)12-4-2-1-3-5-12;10-8(9(12)13)5-6-1-3-7(11)4-2-6/h1-9,14,18H,10H2,(H,17,19)(H,20,21);1-4,8,11H,5,10H2,(H,12,13)/t14-;8-/m00/s1. The number of hydrogen-bond acceptors (Lipinski definition) is 6. The molecule has 178 valence electrons. The lowest BCUT2D eigenvalue weighted by molar-refractivity contribution is -0.139. The fourth-order valence-electron chi connectivity index (χ4n) is 2.87.